The monoisotopic (exact) mass is 693 g/mol. The van der Waals surface area contributed by atoms with Crippen LogP contribution in [0.1, 0.15) is 70.4 Å². The summed E-state index contributed by atoms with van der Waals surface area (Å²) < 4.78 is 0. The Balaban J connectivity index is 1.62. The summed E-state index contributed by atoms with van der Waals surface area (Å²) in [6.07, 6.45) is 1.55. The fraction of sp³-hybridized carbons (Fsp3) is 0.457. The number of unbranched alkanes of at least 4 members (excludes halogenated alkanes) is 1. The van der Waals surface area contributed by atoms with Crippen LogP contribution in [0.15, 0.2) is 48.5 Å². The number of carbonyl (C=O) groups is 7. The number of rotatable bonds is 16. The Morgan fingerprint density at radius 3 is 2.24 bits per heavy atom. The minimum atomic E-state index is -1.57. The summed E-state index contributed by atoms with van der Waals surface area (Å²) in [5.41, 5.74) is 6.57. The number of nitrogens with zero attached hydrogens (tertiary/aromatic N) is 1. The number of hydrogen-bond donors (Lipinski definition) is 7. The first-order valence-electron chi connectivity index (χ1n) is 16.6. The van der Waals surface area contributed by atoms with E-state index in [1.54, 1.807) is 30.3 Å². The lowest BCUT2D eigenvalue weighted by atomic mass is 10.0. The first kappa shape index (κ1) is 39.0. The van der Waals surface area contributed by atoms with E-state index in [-0.39, 0.29) is 19.4 Å². The molecule has 1 saturated heterocycles. The predicted molar refractivity (Wildman–Crippen MR) is 186 cm³/mol. The minimum absolute atomic E-state index is 0.0935. The number of amides is 7. The van der Waals surface area contributed by atoms with Crippen LogP contribution in [0.2, 0.25) is 0 Å². The summed E-state index contributed by atoms with van der Waals surface area (Å²) in [4.78, 5) is 90.2. The molecule has 0 radical (unpaired) electrons. The quantitative estimate of drug-likeness (QED) is 0.137. The maximum atomic E-state index is 13.4. The Morgan fingerprint density at radius 1 is 0.940 bits per heavy atom. The molecule has 0 aromatic heterocycles. The summed E-state index contributed by atoms with van der Waals surface area (Å²) >= 11 is 0. The van der Waals surface area contributed by atoms with E-state index in [1.807, 2.05) is 32.0 Å². The third-order valence-corrected chi connectivity index (χ3v) is 8.29. The van der Waals surface area contributed by atoms with Gasteiger partial charge in [0.25, 0.3) is 0 Å². The molecule has 3 atom stereocenters. The average molecular weight is 694 g/mol. The molecule has 270 valence electrons. The van der Waals surface area contributed by atoms with E-state index in [9.17, 15) is 38.7 Å². The standard InChI is InChI=1S/C35H47N7O8/c1-5-6-11-25(38-28(43)19-22-14-16-23(17-15-22)37-34(50)40-24-12-8-7-10-21(24)2)31(47)39-26(20-29(44)45)32(48)41-35(3,4)33(49)42-18-9-13-27(42)30(36)46/h7-8,10,12,14-17,25-27H,5-6,9,11,13,18-20H2,1-4H3,(H2,36,46)(H,38,43)(H,39,47)(H,41,48)(H,44,45)(H2,37,40,50)/t25-,26-,27-/m0/s1. The molecule has 15 heteroatoms. The maximum Gasteiger partial charge on any atom is 0.323 e. The molecule has 0 bridgehead atoms. The summed E-state index contributed by atoms with van der Waals surface area (Å²) in [6.45, 7) is 6.87. The molecule has 2 aromatic carbocycles. The van der Waals surface area contributed by atoms with Gasteiger partial charge in [0.2, 0.25) is 29.5 Å². The van der Waals surface area contributed by atoms with Crippen molar-refractivity contribution >= 4 is 52.9 Å². The Morgan fingerprint density at radius 2 is 1.62 bits per heavy atom. The number of benzene rings is 2. The van der Waals surface area contributed by atoms with E-state index >= 15 is 0 Å². The van der Waals surface area contributed by atoms with Crippen LogP contribution in [0.3, 0.4) is 0 Å². The van der Waals surface area contributed by atoms with Gasteiger partial charge < -0.3 is 42.3 Å². The molecule has 1 aliphatic rings. The number of aliphatic carboxylic acids is 1. The van der Waals surface area contributed by atoms with Gasteiger partial charge in [-0.15, -0.1) is 0 Å². The van der Waals surface area contributed by atoms with Gasteiger partial charge in [0.1, 0.15) is 23.7 Å². The Kier molecular flexibility index (Phi) is 13.9. The smallest absolute Gasteiger partial charge is 0.323 e. The molecular weight excluding hydrogens is 646 g/mol. The molecule has 50 heavy (non-hydrogen) atoms. The van der Waals surface area contributed by atoms with Crippen molar-refractivity contribution in [2.24, 2.45) is 5.73 Å². The van der Waals surface area contributed by atoms with Crippen LogP contribution in [0.4, 0.5) is 16.2 Å². The van der Waals surface area contributed by atoms with Gasteiger partial charge in [-0.2, -0.15) is 0 Å². The zero-order valence-electron chi connectivity index (χ0n) is 28.8. The molecule has 0 aliphatic carbocycles. The number of primary amides is 1. The number of carboxylic acids is 1. The fourth-order valence-corrected chi connectivity index (χ4v) is 5.58. The molecule has 7 amide bonds. The molecule has 0 spiro atoms. The van der Waals surface area contributed by atoms with Crippen LogP contribution >= 0.6 is 0 Å². The van der Waals surface area contributed by atoms with Crippen molar-refractivity contribution in [3.8, 4) is 0 Å². The normalized spacial score (nSPS) is 15.3. The predicted octanol–water partition coefficient (Wildman–Crippen LogP) is 2.19. The Hall–Kier alpha value is -5.47. The number of carbonyl (C=O) groups excluding carboxylic acids is 6. The van der Waals surface area contributed by atoms with Crippen molar-refractivity contribution in [1.29, 1.82) is 0 Å². The lowest BCUT2D eigenvalue weighted by Crippen LogP contribution is -2.62. The Bertz CT molecular complexity index is 1580. The average Bonchev–Trinajstić information content (AvgIpc) is 3.54. The molecule has 1 heterocycles. The van der Waals surface area contributed by atoms with E-state index in [0.717, 1.165) is 5.56 Å². The number of likely N-dealkylation sites (tertiary alicyclic amines) is 1. The van der Waals surface area contributed by atoms with Gasteiger partial charge in [-0.25, -0.2) is 4.79 Å². The summed E-state index contributed by atoms with van der Waals surface area (Å²) in [7, 11) is 0. The molecular formula is C35H47N7O8. The highest BCUT2D eigenvalue weighted by Crippen LogP contribution is 2.22. The van der Waals surface area contributed by atoms with Crippen molar-refractivity contribution in [3.05, 3.63) is 59.7 Å². The minimum Gasteiger partial charge on any atom is -0.481 e. The van der Waals surface area contributed by atoms with Gasteiger partial charge in [-0.05, 0) is 69.4 Å². The van der Waals surface area contributed by atoms with Crippen molar-refractivity contribution in [3.63, 3.8) is 0 Å². The van der Waals surface area contributed by atoms with E-state index in [1.165, 1.54) is 18.7 Å². The largest absolute Gasteiger partial charge is 0.481 e. The number of carboxylic acid groups (broad SMARTS) is 1. The van der Waals surface area contributed by atoms with Crippen molar-refractivity contribution in [2.75, 3.05) is 17.2 Å². The lowest BCUT2D eigenvalue weighted by Gasteiger charge is -2.33. The number of nitrogens with two attached hydrogens (primary N) is 1. The van der Waals surface area contributed by atoms with Crippen LogP contribution in [-0.2, 0) is 35.2 Å². The number of hydrogen-bond acceptors (Lipinski definition) is 7. The number of urea groups is 1. The Labute approximate surface area is 291 Å². The lowest BCUT2D eigenvalue weighted by molar-refractivity contribution is -0.145. The number of para-hydroxylation sites is 1. The van der Waals surface area contributed by atoms with E-state index < -0.39 is 71.6 Å². The first-order valence-corrected chi connectivity index (χ1v) is 16.6. The second-order valence-corrected chi connectivity index (χ2v) is 12.9. The van der Waals surface area contributed by atoms with Crippen LogP contribution in [0.25, 0.3) is 0 Å². The maximum absolute atomic E-state index is 13.4. The van der Waals surface area contributed by atoms with Gasteiger partial charge in [0.05, 0.1) is 12.8 Å². The van der Waals surface area contributed by atoms with Crippen molar-refractivity contribution < 1.29 is 38.7 Å². The van der Waals surface area contributed by atoms with Crippen molar-refractivity contribution in [2.45, 2.75) is 96.3 Å². The third kappa shape index (κ3) is 11.3. The van der Waals surface area contributed by atoms with Crippen LogP contribution < -0.4 is 32.3 Å². The molecule has 8 N–H and O–H groups in total. The van der Waals surface area contributed by atoms with Gasteiger partial charge in [-0.3, -0.25) is 28.8 Å². The third-order valence-electron chi connectivity index (χ3n) is 8.29. The molecule has 1 fully saturated rings. The van der Waals surface area contributed by atoms with Gasteiger partial charge in [0.15, 0.2) is 0 Å². The van der Waals surface area contributed by atoms with E-state index in [0.29, 0.717) is 42.6 Å². The molecule has 15 nitrogen and oxygen atoms in total. The van der Waals surface area contributed by atoms with Crippen LogP contribution in [-0.4, -0.2) is 81.8 Å². The highest BCUT2D eigenvalue weighted by atomic mass is 16.4. The van der Waals surface area contributed by atoms with E-state index in [4.69, 9.17) is 5.73 Å². The summed E-state index contributed by atoms with van der Waals surface area (Å²) in [6, 6.07) is 10.1. The molecule has 1 aliphatic heterocycles. The van der Waals surface area contributed by atoms with Crippen LogP contribution in [0.5, 0.6) is 0 Å². The molecule has 0 saturated carbocycles. The molecule has 3 rings (SSSR count). The van der Waals surface area contributed by atoms with Gasteiger partial charge in [-0.1, -0.05) is 50.1 Å². The second kappa shape index (κ2) is 17.8. The van der Waals surface area contributed by atoms with Crippen molar-refractivity contribution in [1.82, 2.24) is 20.9 Å². The fourth-order valence-electron chi connectivity index (χ4n) is 5.58. The number of nitrogens with one attached hydrogen (secondary N) is 5. The highest BCUT2D eigenvalue weighted by molar-refractivity contribution is 6.00. The number of anilines is 2. The second-order valence-electron chi connectivity index (χ2n) is 12.9. The molecule has 0 unspecified atom stereocenters. The van der Waals surface area contributed by atoms with Gasteiger partial charge in [0, 0.05) is 17.9 Å². The van der Waals surface area contributed by atoms with Gasteiger partial charge >= 0.3 is 12.0 Å². The van der Waals surface area contributed by atoms with Crippen LogP contribution in [0, 0.1) is 6.92 Å². The number of aryl methyl sites for hydroxylation is 1. The first-order chi connectivity index (χ1) is 23.6. The zero-order valence-corrected chi connectivity index (χ0v) is 28.8. The topological polar surface area (TPSA) is 229 Å². The highest BCUT2D eigenvalue weighted by Gasteiger charge is 2.42. The molecule has 2 aromatic rings. The SMILES string of the molecule is CCCC[C@H](NC(=O)Cc1ccc(NC(=O)Nc2ccccc2C)cc1)C(=O)N[C@@H](CC(=O)O)C(=O)NC(C)(C)C(=O)N1CCC[C@H]1C(N)=O. The summed E-state index contributed by atoms with van der Waals surface area (Å²) in [5, 5.41) is 22.6. The summed E-state index contributed by atoms with van der Waals surface area (Å²) in [5.74, 6) is -4.78. The van der Waals surface area contributed by atoms with E-state index in [2.05, 4.69) is 26.6 Å². The zero-order chi connectivity index (χ0) is 37.0.